The summed E-state index contributed by atoms with van der Waals surface area (Å²) in [6.07, 6.45) is 1.14. The molecule has 0 aliphatic rings. The average molecular weight is 339 g/mol. The quantitative estimate of drug-likeness (QED) is 0.353. The molecule has 9 heteroatoms. The Labute approximate surface area is 129 Å². The number of carbonyl (C=O) groups excluding carboxylic acids is 2. The molecule has 1 aromatic carbocycles. The molecule has 0 aliphatic carbocycles. The zero-order chi connectivity index (χ0) is 17.2. The van der Waals surface area contributed by atoms with Crippen LogP contribution in [-0.2, 0) is 19.4 Å². The molecule has 1 heterocycles. The van der Waals surface area contributed by atoms with Crippen molar-refractivity contribution in [1.29, 1.82) is 0 Å². The van der Waals surface area contributed by atoms with Crippen molar-refractivity contribution in [2.45, 2.75) is 16.2 Å². The van der Waals surface area contributed by atoms with E-state index in [0.29, 0.717) is 0 Å². The van der Waals surface area contributed by atoms with Crippen LogP contribution in [0.4, 0.5) is 4.39 Å². The molecule has 0 unspecified atom stereocenters. The summed E-state index contributed by atoms with van der Waals surface area (Å²) in [4.78, 5) is 35.3. The van der Waals surface area contributed by atoms with Gasteiger partial charge in [0.15, 0.2) is 5.78 Å². The summed E-state index contributed by atoms with van der Waals surface area (Å²) >= 11 is 0. The fourth-order valence-corrected chi connectivity index (χ4v) is 3.28. The third kappa shape index (κ3) is 3.34. The monoisotopic (exact) mass is 339 g/mol. The zero-order valence-electron chi connectivity index (χ0n) is 11.4. The minimum Gasteiger partial charge on any atom is -0.475 e. The Morgan fingerprint density at radius 1 is 1.09 bits per heavy atom. The van der Waals surface area contributed by atoms with Gasteiger partial charge in [0.1, 0.15) is 5.82 Å². The van der Waals surface area contributed by atoms with Crippen LogP contribution in [0.5, 0.6) is 0 Å². The topological polar surface area (TPSA) is 121 Å². The molecule has 0 amide bonds. The smallest absolute Gasteiger partial charge is 0.372 e. The summed E-state index contributed by atoms with van der Waals surface area (Å²) < 4.78 is 37.8. The van der Waals surface area contributed by atoms with Crippen LogP contribution in [-0.4, -0.2) is 36.0 Å². The van der Waals surface area contributed by atoms with Crippen LogP contribution < -0.4 is 0 Å². The molecule has 0 radical (unpaired) electrons. The van der Waals surface area contributed by atoms with Crippen LogP contribution in [0.3, 0.4) is 0 Å². The maximum atomic E-state index is 12.9. The summed E-state index contributed by atoms with van der Waals surface area (Å²) in [5.74, 6) is -4.70. The molecule has 0 aliphatic heterocycles. The molecular formula is C14H10FNO6S. The number of H-pyrrole nitrogens is 1. The summed E-state index contributed by atoms with van der Waals surface area (Å²) in [5, 5.41) is 8.50. The molecule has 0 bridgehead atoms. The van der Waals surface area contributed by atoms with E-state index in [0.717, 1.165) is 36.7 Å². The van der Waals surface area contributed by atoms with Gasteiger partial charge in [-0.1, -0.05) is 0 Å². The Hall–Kier alpha value is -2.81. The third-order valence-corrected chi connectivity index (χ3v) is 4.79. The van der Waals surface area contributed by atoms with Crippen molar-refractivity contribution in [3.63, 3.8) is 0 Å². The van der Waals surface area contributed by atoms with Crippen molar-refractivity contribution < 1.29 is 32.3 Å². The second-order valence-electron chi connectivity index (χ2n) is 4.52. The number of benzene rings is 1. The molecule has 120 valence electrons. The van der Waals surface area contributed by atoms with E-state index < -0.39 is 44.5 Å². The van der Waals surface area contributed by atoms with Crippen molar-refractivity contribution in [2.75, 3.05) is 0 Å². The average Bonchev–Trinajstić information content (AvgIpc) is 2.97. The molecule has 0 fully saturated rings. The van der Waals surface area contributed by atoms with Gasteiger partial charge in [0.05, 0.1) is 21.8 Å². The van der Waals surface area contributed by atoms with Crippen LogP contribution in [0.1, 0.15) is 16.8 Å². The van der Waals surface area contributed by atoms with Crippen LogP contribution in [0, 0.1) is 5.82 Å². The van der Waals surface area contributed by atoms with Crippen LogP contribution in [0.25, 0.3) is 0 Å². The van der Waals surface area contributed by atoms with E-state index in [-0.39, 0.29) is 10.5 Å². The SMILES string of the molecule is O=C(O)C(=O)CC(=O)c1c[nH]cc1S(=O)(=O)c1ccc(F)cc1. The highest BCUT2D eigenvalue weighted by Gasteiger charge is 2.27. The number of Topliss-reactive ketones (excluding diaryl/α,β-unsaturated/α-hetero) is 2. The lowest BCUT2D eigenvalue weighted by atomic mass is 10.1. The number of carbonyl (C=O) groups is 3. The van der Waals surface area contributed by atoms with E-state index >= 15 is 0 Å². The van der Waals surface area contributed by atoms with E-state index in [9.17, 15) is 27.2 Å². The number of aromatic nitrogens is 1. The van der Waals surface area contributed by atoms with E-state index in [2.05, 4.69) is 4.98 Å². The number of hydrogen-bond acceptors (Lipinski definition) is 5. The Morgan fingerprint density at radius 2 is 1.70 bits per heavy atom. The summed E-state index contributed by atoms with van der Waals surface area (Å²) in [5.41, 5.74) is -0.330. The van der Waals surface area contributed by atoms with Crippen molar-refractivity contribution in [2.24, 2.45) is 0 Å². The van der Waals surface area contributed by atoms with Gasteiger partial charge in [0.2, 0.25) is 15.6 Å². The number of carboxylic acids is 1. The number of aromatic amines is 1. The van der Waals surface area contributed by atoms with E-state index in [1.54, 1.807) is 0 Å². The Balaban J connectivity index is 2.40. The molecule has 0 atom stereocenters. The van der Waals surface area contributed by atoms with Gasteiger partial charge in [0.25, 0.3) is 0 Å². The van der Waals surface area contributed by atoms with E-state index in [4.69, 9.17) is 5.11 Å². The molecule has 7 nitrogen and oxygen atoms in total. The minimum atomic E-state index is -4.12. The molecule has 0 saturated carbocycles. The molecule has 2 aromatic rings. The highest BCUT2D eigenvalue weighted by Crippen LogP contribution is 2.25. The highest BCUT2D eigenvalue weighted by molar-refractivity contribution is 7.91. The largest absolute Gasteiger partial charge is 0.475 e. The lowest BCUT2D eigenvalue weighted by Crippen LogP contribution is -2.18. The summed E-state index contributed by atoms with van der Waals surface area (Å²) in [6.45, 7) is 0. The first-order valence-electron chi connectivity index (χ1n) is 6.20. The molecule has 23 heavy (non-hydrogen) atoms. The molecule has 1 aromatic heterocycles. The van der Waals surface area contributed by atoms with Gasteiger partial charge in [-0.2, -0.15) is 0 Å². The second-order valence-corrected chi connectivity index (χ2v) is 6.44. The first-order chi connectivity index (χ1) is 10.7. The van der Waals surface area contributed by atoms with Crippen molar-refractivity contribution in [3.8, 4) is 0 Å². The van der Waals surface area contributed by atoms with E-state index in [1.165, 1.54) is 0 Å². The summed E-state index contributed by atoms with van der Waals surface area (Å²) in [6, 6.07) is 3.98. The number of carboxylic acid groups (broad SMARTS) is 1. The fourth-order valence-electron chi connectivity index (χ4n) is 1.85. The van der Waals surface area contributed by atoms with E-state index in [1.807, 2.05) is 0 Å². The summed E-state index contributed by atoms with van der Waals surface area (Å²) in [7, 11) is -4.12. The van der Waals surface area contributed by atoms with Gasteiger partial charge >= 0.3 is 5.97 Å². The number of hydrogen-bond donors (Lipinski definition) is 2. The number of rotatable bonds is 6. The fraction of sp³-hybridized carbons (Fsp3) is 0.0714. The number of ketones is 2. The van der Waals surface area contributed by atoms with Crippen molar-refractivity contribution >= 4 is 27.4 Å². The van der Waals surface area contributed by atoms with Crippen molar-refractivity contribution in [3.05, 3.63) is 48.0 Å². The molecular weight excluding hydrogens is 329 g/mol. The van der Waals surface area contributed by atoms with Crippen LogP contribution in [0.15, 0.2) is 46.5 Å². The number of aliphatic carboxylic acids is 1. The predicted octanol–water partition coefficient (Wildman–Crippen LogP) is 1.21. The van der Waals surface area contributed by atoms with Gasteiger partial charge in [-0.15, -0.1) is 0 Å². The number of halogens is 1. The zero-order valence-corrected chi connectivity index (χ0v) is 12.3. The molecule has 2 N–H and O–H groups in total. The molecule has 0 saturated heterocycles. The molecule has 0 spiro atoms. The van der Waals surface area contributed by atoms with Crippen molar-refractivity contribution in [1.82, 2.24) is 4.98 Å². The first kappa shape index (κ1) is 16.6. The highest BCUT2D eigenvalue weighted by atomic mass is 32.2. The first-order valence-corrected chi connectivity index (χ1v) is 7.68. The Morgan fingerprint density at radius 3 is 2.26 bits per heavy atom. The predicted molar refractivity (Wildman–Crippen MR) is 74.2 cm³/mol. The number of sulfone groups is 1. The lowest BCUT2D eigenvalue weighted by molar-refractivity contribution is -0.148. The van der Waals surface area contributed by atoms with Gasteiger partial charge in [0, 0.05) is 12.4 Å². The van der Waals surface area contributed by atoms with Crippen LogP contribution >= 0.6 is 0 Å². The van der Waals surface area contributed by atoms with Crippen LogP contribution in [0.2, 0.25) is 0 Å². The maximum Gasteiger partial charge on any atom is 0.372 e. The Kier molecular flexibility index (Phi) is 4.41. The van der Waals surface area contributed by atoms with Gasteiger partial charge in [-0.25, -0.2) is 17.6 Å². The maximum absolute atomic E-state index is 12.9. The van der Waals surface area contributed by atoms with Gasteiger partial charge in [-0.3, -0.25) is 9.59 Å². The standard InChI is InChI=1S/C14H10FNO6S/c15-8-1-3-9(4-2-8)23(21,22)13-7-16-6-10(13)11(17)5-12(18)14(19)20/h1-4,6-7,16H,5H2,(H,19,20). The normalized spacial score (nSPS) is 11.2. The minimum absolute atomic E-state index is 0.239. The lowest BCUT2D eigenvalue weighted by Gasteiger charge is -2.05. The Bertz CT molecular complexity index is 882. The second kappa shape index (κ2) is 6.13. The van der Waals surface area contributed by atoms with Gasteiger partial charge in [-0.05, 0) is 24.3 Å². The molecule has 2 rings (SSSR count). The third-order valence-electron chi connectivity index (χ3n) is 2.98. The number of nitrogens with one attached hydrogen (secondary N) is 1. The van der Waals surface area contributed by atoms with Gasteiger partial charge < -0.3 is 10.1 Å².